The Hall–Kier alpha value is -2.57. The maximum Gasteiger partial charge on any atom is 0.286 e. The number of aromatic hydroxyl groups is 1. The zero-order valence-corrected chi connectivity index (χ0v) is 19.0. The maximum atomic E-state index is 12.4. The van der Waals surface area contributed by atoms with Crippen molar-refractivity contribution in [2.45, 2.75) is 32.6 Å². The first kappa shape index (κ1) is 21.7. The number of ether oxygens (including phenoxy) is 1. The van der Waals surface area contributed by atoms with Gasteiger partial charge in [-0.05, 0) is 64.6 Å². The minimum absolute atomic E-state index is 0.111. The van der Waals surface area contributed by atoms with Crippen LogP contribution in [0.15, 0.2) is 52.4 Å². The first-order valence-electron chi connectivity index (χ1n) is 10.7. The number of thioether (sulfide) groups is 1. The summed E-state index contributed by atoms with van der Waals surface area (Å²) in [5, 5.41) is 11.1. The number of amides is 1. The summed E-state index contributed by atoms with van der Waals surface area (Å²) in [7, 11) is 0. The summed E-state index contributed by atoms with van der Waals surface area (Å²) in [5.41, 5.74) is 3.88. The number of phenols is 1. The van der Waals surface area contributed by atoms with E-state index in [1.807, 2.05) is 24.3 Å². The third-order valence-electron chi connectivity index (χ3n) is 6.02. The van der Waals surface area contributed by atoms with Crippen LogP contribution in [0.3, 0.4) is 0 Å². The first-order valence-corrected chi connectivity index (χ1v) is 11.5. The van der Waals surface area contributed by atoms with Crippen LogP contribution in [0.2, 0.25) is 0 Å². The number of morpholine rings is 1. The lowest BCUT2D eigenvalue weighted by atomic mass is 9.80. The lowest BCUT2D eigenvalue weighted by molar-refractivity contribution is -0.113. The monoisotopic (exact) mass is 436 g/mol. The maximum absolute atomic E-state index is 12.4. The van der Waals surface area contributed by atoms with Crippen LogP contribution in [0.4, 0.5) is 0 Å². The Kier molecular flexibility index (Phi) is 6.21. The van der Waals surface area contributed by atoms with E-state index >= 15 is 0 Å². The van der Waals surface area contributed by atoms with Gasteiger partial charge in [-0.3, -0.25) is 4.79 Å². The molecule has 2 aromatic rings. The largest absolute Gasteiger partial charge is 0.508 e. The Balaban J connectivity index is 1.58. The molecule has 4 rings (SSSR count). The molecule has 1 N–H and O–H groups in total. The van der Waals surface area contributed by atoms with Gasteiger partial charge in [-0.2, -0.15) is 4.99 Å². The molecule has 0 aromatic heterocycles. The van der Waals surface area contributed by atoms with Crippen molar-refractivity contribution in [1.82, 2.24) is 4.90 Å². The fourth-order valence-electron chi connectivity index (χ4n) is 3.70. The van der Waals surface area contributed by atoms with Crippen molar-refractivity contribution in [1.29, 1.82) is 0 Å². The molecule has 1 fully saturated rings. The highest BCUT2D eigenvalue weighted by molar-refractivity contribution is 8.18. The molecule has 0 radical (unpaired) electrons. The van der Waals surface area contributed by atoms with E-state index in [0.29, 0.717) is 23.9 Å². The van der Waals surface area contributed by atoms with Crippen molar-refractivity contribution in [3.8, 4) is 16.9 Å². The lowest BCUT2D eigenvalue weighted by Gasteiger charge is -2.27. The molecule has 31 heavy (non-hydrogen) atoms. The Morgan fingerprint density at radius 2 is 1.90 bits per heavy atom. The van der Waals surface area contributed by atoms with Gasteiger partial charge in [0.25, 0.3) is 5.91 Å². The van der Waals surface area contributed by atoms with Gasteiger partial charge in [0.05, 0.1) is 18.1 Å². The van der Waals surface area contributed by atoms with Crippen molar-refractivity contribution in [2.24, 2.45) is 4.99 Å². The van der Waals surface area contributed by atoms with Crippen LogP contribution in [0, 0.1) is 0 Å². The Bertz CT molecular complexity index is 1050. The summed E-state index contributed by atoms with van der Waals surface area (Å²) in [6.45, 7) is 9.26. The zero-order chi connectivity index (χ0) is 22.0. The van der Waals surface area contributed by atoms with Crippen LogP contribution in [0.5, 0.6) is 5.75 Å². The van der Waals surface area contributed by atoms with E-state index < -0.39 is 0 Å². The van der Waals surface area contributed by atoms with Crippen molar-refractivity contribution in [2.75, 3.05) is 26.3 Å². The number of hydrogen-bond donors (Lipinski definition) is 1. The van der Waals surface area contributed by atoms with Gasteiger partial charge in [0.15, 0.2) is 5.17 Å². The SMILES string of the molecule is CCC(C)(C)c1cc(-c2cccc(C=C3SC(N4CCOCC4)=NC3=O)c2)ccc1O. The van der Waals surface area contributed by atoms with Crippen LogP contribution in [0.1, 0.15) is 38.3 Å². The van der Waals surface area contributed by atoms with E-state index in [0.717, 1.165) is 46.9 Å². The summed E-state index contributed by atoms with van der Waals surface area (Å²) < 4.78 is 5.39. The average Bonchev–Trinajstić information content (AvgIpc) is 3.15. The number of rotatable bonds is 4. The molecule has 2 aliphatic rings. The van der Waals surface area contributed by atoms with Crippen molar-refractivity contribution in [3.05, 3.63) is 58.5 Å². The van der Waals surface area contributed by atoms with Crippen LogP contribution < -0.4 is 0 Å². The molecule has 1 amide bonds. The highest BCUT2D eigenvalue weighted by Crippen LogP contribution is 2.37. The number of amidine groups is 1. The highest BCUT2D eigenvalue weighted by atomic mass is 32.2. The van der Waals surface area contributed by atoms with Crippen LogP contribution in [0.25, 0.3) is 17.2 Å². The second-order valence-corrected chi connectivity index (χ2v) is 9.51. The second kappa shape index (κ2) is 8.89. The number of aliphatic imine (C=N–C) groups is 1. The first-order chi connectivity index (χ1) is 14.9. The molecule has 0 unspecified atom stereocenters. The molecule has 0 atom stereocenters. The number of hydrogen-bond acceptors (Lipinski definition) is 5. The van der Waals surface area contributed by atoms with Crippen LogP contribution in [-0.4, -0.2) is 47.4 Å². The third kappa shape index (κ3) is 4.70. The molecule has 6 heteroatoms. The normalized spacial score (nSPS) is 18.5. The van der Waals surface area contributed by atoms with Crippen molar-refractivity contribution >= 4 is 28.9 Å². The van der Waals surface area contributed by atoms with Gasteiger partial charge in [0, 0.05) is 18.7 Å². The molecule has 0 bridgehead atoms. The summed E-state index contributed by atoms with van der Waals surface area (Å²) in [6.07, 6.45) is 2.84. The molecule has 0 spiro atoms. The number of nitrogens with zero attached hydrogens (tertiary/aromatic N) is 2. The quantitative estimate of drug-likeness (QED) is 0.680. The zero-order valence-electron chi connectivity index (χ0n) is 18.2. The van der Waals surface area contributed by atoms with E-state index in [4.69, 9.17) is 4.74 Å². The van der Waals surface area contributed by atoms with Crippen molar-refractivity contribution in [3.63, 3.8) is 0 Å². The molecular formula is C25H28N2O3S. The molecule has 0 saturated carbocycles. The predicted octanol–water partition coefficient (Wildman–Crippen LogP) is 5.05. The van der Waals surface area contributed by atoms with Crippen molar-refractivity contribution < 1.29 is 14.6 Å². The third-order valence-corrected chi connectivity index (χ3v) is 7.06. The van der Waals surface area contributed by atoms with E-state index in [-0.39, 0.29) is 11.3 Å². The van der Waals surface area contributed by atoms with Gasteiger partial charge in [0.1, 0.15) is 5.75 Å². The smallest absolute Gasteiger partial charge is 0.286 e. The lowest BCUT2D eigenvalue weighted by Crippen LogP contribution is -2.38. The molecule has 2 aliphatic heterocycles. The van der Waals surface area contributed by atoms with E-state index in [1.165, 1.54) is 11.8 Å². The second-order valence-electron chi connectivity index (χ2n) is 8.50. The molecule has 162 valence electrons. The van der Waals surface area contributed by atoms with Gasteiger partial charge in [-0.25, -0.2) is 0 Å². The molecule has 0 aliphatic carbocycles. The standard InChI is InChI=1S/C25H28N2O3S/c1-4-25(2,3)20-16-19(8-9-21(20)28)18-7-5-6-17(14-18)15-22-23(29)26-24(31-22)27-10-12-30-13-11-27/h5-9,14-16,28H,4,10-13H2,1-3H3. The van der Waals surface area contributed by atoms with Gasteiger partial charge in [0.2, 0.25) is 0 Å². The Morgan fingerprint density at radius 1 is 1.16 bits per heavy atom. The molecule has 2 aromatic carbocycles. The highest BCUT2D eigenvalue weighted by Gasteiger charge is 2.27. The fourth-order valence-corrected chi connectivity index (χ4v) is 4.66. The van der Waals surface area contributed by atoms with Crippen LogP contribution in [-0.2, 0) is 14.9 Å². The topological polar surface area (TPSA) is 62.1 Å². The summed E-state index contributed by atoms with van der Waals surface area (Å²) in [6, 6.07) is 13.9. The minimum atomic E-state index is -0.187. The molecule has 1 saturated heterocycles. The average molecular weight is 437 g/mol. The minimum Gasteiger partial charge on any atom is -0.508 e. The summed E-state index contributed by atoms with van der Waals surface area (Å²) in [5.74, 6) is 0.142. The predicted molar refractivity (Wildman–Crippen MR) is 127 cm³/mol. The van der Waals surface area contributed by atoms with E-state index in [2.05, 4.69) is 48.9 Å². The molecular weight excluding hydrogens is 408 g/mol. The molecule has 2 heterocycles. The van der Waals surface area contributed by atoms with E-state index in [9.17, 15) is 9.90 Å². The number of carbonyl (C=O) groups is 1. The number of phenolic OH excluding ortho intramolecular Hbond substituents is 1. The summed E-state index contributed by atoms with van der Waals surface area (Å²) in [4.78, 5) is 19.4. The number of carbonyl (C=O) groups excluding carboxylic acids is 1. The fraction of sp³-hybridized carbons (Fsp3) is 0.360. The van der Waals surface area contributed by atoms with Gasteiger partial charge in [-0.15, -0.1) is 0 Å². The number of benzene rings is 2. The summed E-state index contributed by atoms with van der Waals surface area (Å²) >= 11 is 1.43. The van der Waals surface area contributed by atoms with Gasteiger partial charge < -0.3 is 14.7 Å². The molecule has 5 nitrogen and oxygen atoms in total. The Morgan fingerprint density at radius 3 is 2.65 bits per heavy atom. The van der Waals surface area contributed by atoms with Crippen LogP contribution >= 0.6 is 11.8 Å². The van der Waals surface area contributed by atoms with E-state index in [1.54, 1.807) is 6.07 Å². The Labute approximate surface area is 187 Å². The van der Waals surface area contributed by atoms with Gasteiger partial charge >= 0.3 is 0 Å². The van der Waals surface area contributed by atoms with Gasteiger partial charge in [-0.1, -0.05) is 45.0 Å².